The maximum Gasteiger partial charge on any atom is 0.255 e. The van der Waals surface area contributed by atoms with Crippen LogP contribution in [0.5, 0.6) is 0 Å². The molecule has 2 N–H and O–H groups in total. The zero-order valence-corrected chi connectivity index (χ0v) is 20.0. The molecule has 10 heteroatoms. The van der Waals surface area contributed by atoms with Crippen LogP contribution in [-0.4, -0.2) is 60.3 Å². The lowest BCUT2D eigenvalue weighted by atomic mass is 10.00. The maximum atomic E-state index is 12.1. The van der Waals surface area contributed by atoms with E-state index in [9.17, 15) is 13.2 Å². The molecule has 1 aromatic carbocycles. The molecule has 3 heterocycles. The Balaban J connectivity index is 1.62. The average molecular weight is 518 g/mol. The van der Waals surface area contributed by atoms with Gasteiger partial charge in [-0.25, -0.2) is 18.5 Å². The topological polar surface area (TPSA) is 109 Å². The van der Waals surface area contributed by atoms with Crippen LogP contribution in [0, 0.1) is 0 Å². The summed E-state index contributed by atoms with van der Waals surface area (Å²) in [4.78, 5) is 24.8. The van der Waals surface area contributed by atoms with Crippen LogP contribution in [0.4, 0.5) is 0 Å². The normalized spacial score (nSPS) is 18.0. The molecule has 3 aromatic rings. The fraction of sp³-hybridized carbons (Fsp3) is 0.318. The Morgan fingerprint density at radius 3 is 2.69 bits per heavy atom. The number of carbonyl (C=O) groups is 1. The molecule has 0 unspecified atom stereocenters. The number of primary sulfonamides is 1. The van der Waals surface area contributed by atoms with Crippen LogP contribution >= 0.6 is 15.9 Å². The minimum Gasteiger partial charge on any atom is -0.341 e. The quantitative estimate of drug-likeness (QED) is 0.569. The van der Waals surface area contributed by atoms with Crippen molar-refractivity contribution < 1.29 is 13.2 Å². The second-order valence-corrected chi connectivity index (χ2v) is 10.3. The molecular weight excluding hydrogens is 494 g/mol. The molecule has 2 aromatic heterocycles. The Morgan fingerprint density at radius 2 is 2.00 bits per heavy atom. The molecule has 1 fully saturated rings. The molecule has 0 aliphatic carbocycles. The van der Waals surface area contributed by atoms with Gasteiger partial charge in [0.05, 0.1) is 5.52 Å². The minimum atomic E-state index is -3.86. The summed E-state index contributed by atoms with van der Waals surface area (Å²) in [5.74, 6) is 0.234. The minimum absolute atomic E-state index is 0.0735. The number of rotatable bonds is 4. The van der Waals surface area contributed by atoms with Crippen molar-refractivity contribution in [3.63, 3.8) is 0 Å². The van der Waals surface area contributed by atoms with Crippen molar-refractivity contribution >= 4 is 42.8 Å². The average Bonchev–Trinajstić information content (AvgIpc) is 2.98. The van der Waals surface area contributed by atoms with Gasteiger partial charge in [0.2, 0.25) is 5.91 Å². The van der Waals surface area contributed by atoms with Crippen molar-refractivity contribution in [2.75, 3.05) is 26.2 Å². The predicted octanol–water partition coefficient (Wildman–Crippen LogP) is 2.49. The third kappa shape index (κ3) is 4.98. The third-order valence-corrected chi connectivity index (χ3v) is 7.50. The smallest absolute Gasteiger partial charge is 0.255 e. The van der Waals surface area contributed by atoms with Crippen LogP contribution in [-0.2, 0) is 21.4 Å². The second-order valence-electron chi connectivity index (χ2n) is 7.98. The fourth-order valence-corrected chi connectivity index (χ4v) is 5.13. The summed E-state index contributed by atoms with van der Waals surface area (Å²) in [6, 6.07) is 10.9. The number of aromatic nitrogens is 2. The zero-order valence-electron chi connectivity index (χ0n) is 17.6. The van der Waals surface area contributed by atoms with Crippen molar-refractivity contribution in [3.8, 4) is 0 Å². The number of carbonyl (C=O) groups excluding carboxylic acids is 1. The number of nitrogens with two attached hydrogens (primary N) is 1. The molecule has 32 heavy (non-hydrogen) atoms. The van der Waals surface area contributed by atoms with E-state index >= 15 is 0 Å². The van der Waals surface area contributed by atoms with E-state index in [0.717, 1.165) is 34.1 Å². The Hall–Kier alpha value is -2.40. The summed E-state index contributed by atoms with van der Waals surface area (Å²) in [5, 5.41) is 5.87. The van der Waals surface area contributed by atoms with Gasteiger partial charge >= 0.3 is 0 Å². The van der Waals surface area contributed by atoms with Gasteiger partial charge in [0, 0.05) is 67.8 Å². The number of sulfonamides is 1. The lowest BCUT2D eigenvalue weighted by Gasteiger charge is -2.25. The van der Waals surface area contributed by atoms with Crippen molar-refractivity contribution in [2.24, 2.45) is 5.14 Å². The fourth-order valence-electron chi connectivity index (χ4n) is 4.05. The van der Waals surface area contributed by atoms with E-state index < -0.39 is 10.0 Å². The SMILES string of the molecule is CC(=O)N1CCN(Cc2ccc3nc(S(N)(=O)=O)ccc3c2Br)C[C@@H](c2cccnc2)C1. The lowest BCUT2D eigenvalue weighted by Crippen LogP contribution is -2.34. The molecule has 1 aliphatic heterocycles. The molecule has 1 amide bonds. The molecule has 1 aliphatic rings. The lowest BCUT2D eigenvalue weighted by molar-refractivity contribution is -0.128. The second kappa shape index (κ2) is 9.22. The van der Waals surface area contributed by atoms with E-state index in [4.69, 9.17) is 5.14 Å². The van der Waals surface area contributed by atoms with Crippen molar-refractivity contribution in [1.29, 1.82) is 0 Å². The first-order valence-electron chi connectivity index (χ1n) is 10.2. The molecule has 8 nitrogen and oxygen atoms in total. The highest BCUT2D eigenvalue weighted by Crippen LogP contribution is 2.30. The standard InChI is InChI=1S/C22H24BrN5O3S/c1-15(29)28-10-9-27(13-18(14-28)16-3-2-8-25-11-16)12-17-4-6-20-19(22(17)23)5-7-21(26-20)32(24,30)31/h2-8,11,18H,9-10,12-14H2,1H3,(H2,24,30,31)/t18-/m1/s1. The van der Waals surface area contributed by atoms with Gasteiger partial charge < -0.3 is 4.90 Å². The number of hydrogen-bond acceptors (Lipinski definition) is 6. The van der Waals surface area contributed by atoms with Gasteiger partial charge in [0.25, 0.3) is 10.0 Å². The van der Waals surface area contributed by atoms with Gasteiger partial charge in [-0.15, -0.1) is 0 Å². The van der Waals surface area contributed by atoms with Gasteiger partial charge in [0.15, 0.2) is 5.03 Å². The number of amides is 1. The number of nitrogens with zero attached hydrogens (tertiary/aromatic N) is 4. The van der Waals surface area contributed by atoms with E-state index in [2.05, 4.69) is 36.9 Å². The number of benzene rings is 1. The Labute approximate surface area is 195 Å². The third-order valence-electron chi connectivity index (χ3n) is 5.75. The van der Waals surface area contributed by atoms with Crippen LogP contribution in [0.1, 0.15) is 24.0 Å². The van der Waals surface area contributed by atoms with Crippen molar-refractivity contribution in [3.05, 3.63) is 64.4 Å². The van der Waals surface area contributed by atoms with Crippen LogP contribution in [0.2, 0.25) is 0 Å². The van der Waals surface area contributed by atoms with Gasteiger partial charge in [-0.2, -0.15) is 0 Å². The highest BCUT2D eigenvalue weighted by Gasteiger charge is 2.26. The van der Waals surface area contributed by atoms with E-state index in [0.29, 0.717) is 25.2 Å². The number of hydrogen-bond donors (Lipinski definition) is 1. The Kier molecular flexibility index (Phi) is 6.57. The summed E-state index contributed by atoms with van der Waals surface area (Å²) in [7, 11) is -3.86. The van der Waals surface area contributed by atoms with Crippen LogP contribution in [0.25, 0.3) is 10.9 Å². The Morgan fingerprint density at radius 1 is 1.19 bits per heavy atom. The van der Waals surface area contributed by atoms with Gasteiger partial charge in [0.1, 0.15) is 0 Å². The van der Waals surface area contributed by atoms with E-state index in [1.165, 1.54) is 6.07 Å². The molecule has 0 radical (unpaired) electrons. The van der Waals surface area contributed by atoms with Crippen LogP contribution in [0.15, 0.2) is 58.3 Å². The zero-order chi connectivity index (χ0) is 22.9. The van der Waals surface area contributed by atoms with E-state index in [1.807, 2.05) is 29.3 Å². The van der Waals surface area contributed by atoms with Crippen LogP contribution < -0.4 is 5.14 Å². The molecule has 168 valence electrons. The largest absolute Gasteiger partial charge is 0.341 e. The first-order chi connectivity index (χ1) is 15.2. The van der Waals surface area contributed by atoms with Crippen molar-refractivity contribution in [2.45, 2.75) is 24.4 Å². The number of pyridine rings is 2. The molecule has 1 saturated heterocycles. The summed E-state index contributed by atoms with van der Waals surface area (Å²) in [6.07, 6.45) is 3.62. The summed E-state index contributed by atoms with van der Waals surface area (Å²) in [5.41, 5.74) is 2.73. The van der Waals surface area contributed by atoms with Crippen LogP contribution in [0.3, 0.4) is 0 Å². The molecule has 0 spiro atoms. The number of halogens is 1. The summed E-state index contributed by atoms with van der Waals surface area (Å²) in [6.45, 7) is 5.16. The molecule has 1 atom stereocenters. The van der Waals surface area contributed by atoms with E-state index in [1.54, 1.807) is 19.2 Å². The highest BCUT2D eigenvalue weighted by molar-refractivity contribution is 9.10. The molecular formula is C22H24BrN5O3S. The van der Waals surface area contributed by atoms with Gasteiger partial charge in [-0.3, -0.25) is 14.7 Å². The monoisotopic (exact) mass is 517 g/mol. The maximum absolute atomic E-state index is 12.1. The highest BCUT2D eigenvalue weighted by atomic mass is 79.9. The summed E-state index contributed by atoms with van der Waals surface area (Å²) < 4.78 is 24.1. The Bertz CT molecular complexity index is 1250. The van der Waals surface area contributed by atoms with Gasteiger partial charge in [-0.1, -0.05) is 12.1 Å². The van der Waals surface area contributed by atoms with Gasteiger partial charge in [-0.05, 0) is 51.3 Å². The predicted molar refractivity (Wildman–Crippen MR) is 125 cm³/mol. The van der Waals surface area contributed by atoms with E-state index in [-0.39, 0.29) is 16.9 Å². The number of fused-ring (bicyclic) bond motifs is 1. The summed E-state index contributed by atoms with van der Waals surface area (Å²) >= 11 is 3.68. The molecule has 4 rings (SSSR count). The first kappa shape index (κ1) is 22.8. The van der Waals surface area contributed by atoms with Crippen molar-refractivity contribution in [1.82, 2.24) is 19.8 Å². The molecule has 0 bridgehead atoms. The first-order valence-corrected chi connectivity index (χ1v) is 12.5. The molecule has 0 saturated carbocycles.